The van der Waals surface area contributed by atoms with E-state index >= 15 is 0 Å². The lowest BCUT2D eigenvalue weighted by Gasteiger charge is -2.08. The van der Waals surface area contributed by atoms with E-state index in [4.69, 9.17) is 9.47 Å². The molecule has 0 atom stereocenters. The first-order chi connectivity index (χ1) is 10.0. The SMILES string of the molecule is CNC(=O)COC(=O)c1cc2cc(OC)ccc2nc1C. The topological polar surface area (TPSA) is 77.5 Å². The number of methoxy groups -OCH3 is 1. The van der Waals surface area contributed by atoms with Crippen LogP contribution in [-0.2, 0) is 9.53 Å². The lowest BCUT2D eigenvalue weighted by molar-refractivity contribution is -0.123. The number of likely N-dealkylation sites (N-methyl/N-ethyl adjacent to an activating group) is 1. The first-order valence-electron chi connectivity index (χ1n) is 6.38. The molecule has 1 aromatic heterocycles. The number of esters is 1. The van der Waals surface area contributed by atoms with Crippen LogP contribution in [-0.4, -0.2) is 37.6 Å². The lowest BCUT2D eigenvalue weighted by atomic mass is 10.1. The Kier molecular flexibility index (Phi) is 4.37. The van der Waals surface area contributed by atoms with Gasteiger partial charge in [0.1, 0.15) is 5.75 Å². The summed E-state index contributed by atoms with van der Waals surface area (Å²) in [4.78, 5) is 27.5. The number of nitrogens with one attached hydrogen (secondary N) is 1. The van der Waals surface area contributed by atoms with Crippen molar-refractivity contribution < 1.29 is 19.1 Å². The fraction of sp³-hybridized carbons (Fsp3) is 0.267. The highest BCUT2D eigenvalue weighted by molar-refractivity contribution is 5.96. The van der Waals surface area contributed by atoms with Gasteiger partial charge in [-0.2, -0.15) is 0 Å². The highest BCUT2D eigenvalue weighted by atomic mass is 16.5. The number of benzene rings is 1. The fourth-order valence-corrected chi connectivity index (χ4v) is 1.87. The Bertz CT molecular complexity index is 697. The van der Waals surface area contributed by atoms with Crippen molar-refractivity contribution in [2.45, 2.75) is 6.92 Å². The number of carbonyl (C=O) groups is 2. The van der Waals surface area contributed by atoms with Crippen LogP contribution in [0.15, 0.2) is 24.3 Å². The van der Waals surface area contributed by atoms with Crippen molar-refractivity contribution in [2.24, 2.45) is 0 Å². The van der Waals surface area contributed by atoms with E-state index in [0.29, 0.717) is 17.0 Å². The Labute approximate surface area is 122 Å². The number of aromatic nitrogens is 1. The molecule has 0 saturated heterocycles. The number of pyridine rings is 1. The minimum atomic E-state index is -0.576. The van der Waals surface area contributed by atoms with Gasteiger partial charge in [-0.15, -0.1) is 0 Å². The molecule has 2 aromatic rings. The van der Waals surface area contributed by atoms with Crippen molar-refractivity contribution >= 4 is 22.8 Å². The summed E-state index contributed by atoms with van der Waals surface area (Å²) in [6.07, 6.45) is 0. The van der Waals surface area contributed by atoms with E-state index < -0.39 is 5.97 Å². The smallest absolute Gasteiger partial charge is 0.340 e. The minimum Gasteiger partial charge on any atom is -0.497 e. The molecular weight excluding hydrogens is 272 g/mol. The van der Waals surface area contributed by atoms with E-state index in [1.54, 1.807) is 32.2 Å². The molecule has 0 fully saturated rings. The van der Waals surface area contributed by atoms with Gasteiger partial charge in [-0.05, 0) is 31.2 Å². The summed E-state index contributed by atoms with van der Waals surface area (Å²) in [5, 5.41) is 3.15. The Morgan fingerprint density at radius 1 is 1.29 bits per heavy atom. The van der Waals surface area contributed by atoms with Crippen molar-refractivity contribution in [3.05, 3.63) is 35.5 Å². The zero-order valence-corrected chi connectivity index (χ0v) is 12.1. The van der Waals surface area contributed by atoms with Crippen molar-refractivity contribution in [1.82, 2.24) is 10.3 Å². The van der Waals surface area contributed by atoms with Gasteiger partial charge in [-0.3, -0.25) is 9.78 Å². The lowest BCUT2D eigenvalue weighted by Crippen LogP contribution is -2.25. The second kappa shape index (κ2) is 6.21. The van der Waals surface area contributed by atoms with Crippen LogP contribution in [0.4, 0.5) is 0 Å². The van der Waals surface area contributed by atoms with Crippen molar-refractivity contribution in [3.63, 3.8) is 0 Å². The van der Waals surface area contributed by atoms with Crippen molar-refractivity contribution in [3.8, 4) is 5.75 Å². The van der Waals surface area contributed by atoms with Crippen LogP contribution in [0, 0.1) is 6.92 Å². The van der Waals surface area contributed by atoms with E-state index in [1.165, 1.54) is 7.05 Å². The van der Waals surface area contributed by atoms with E-state index in [2.05, 4.69) is 10.3 Å². The predicted octanol–water partition coefficient (Wildman–Crippen LogP) is 1.45. The summed E-state index contributed by atoms with van der Waals surface area (Å²) in [6.45, 7) is 1.41. The summed E-state index contributed by atoms with van der Waals surface area (Å²) < 4.78 is 10.1. The van der Waals surface area contributed by atoms with Crippen LogP contribution in [0.2, 0.25) is 0 Å². The molecule has 1 N–H and O–H groups in total. The van der Waals surface area contributed by atoms with Gasteiger partial charge < -0.3 is 14.8 Å². The number of amides is 1. The Hall–Kier alpha value is -2.63. The number of hydrogen-bond donors (Lipinski definition) is 1. The number of nitrogens with zero attached hydrogens (tertiary/aromatic N) is 1. The number of ether oxygens (including phenoxy) is 2. The van der Waals surface area contributed by atoms with Gasteiger partial charge >= 0.3 is 5.97 Å². The van der Waals surface area contributed by atoms with Crippen LogP contribution in [0.25, 0.3) is 10.9 Å². The van der Waals surface area contributed by atoms with Gasteiger partial charge in [0.05, 0.1) is 23.9 Å². The third kappa shape index (κ3) is 3.28. The quantitative estimate of drug-likeness (QED) is 0.862. The van der Waals surface area contributed by atoms with Gasteiger partial charge in [-0.25, -0.2) is 4.79 Å². The van der Waals surface area contributed by atoms with E-state index in [1.807, 2.05) is 6.07 Å². The van der Waals surface area contributed by atoms with Crippen molar-refractivity contribution in [1.29, 1.82) is 0 Å². The molecule has 1 amide bonds. The summed E-state index contributed by atoms with van der Waals surface area (Å²) in [5.74, 6) is -0.262. The second-order valence-electron chi connectivity index (χ2n) is 4.43. The monoisotopic (exact) mass is 288 g/mol. The number of carbonyl (C=O) groups excluding carboxylic acids is 2. The molecule has 1 heterocycles. The molecule has 0 aliphatic heterocycles. The van der Waals surface area contributed by atoms with Crippen LogP contribution in [0.5, 0.6) is 5.75 Å². The van der Waals surface area contributed by atoms with Gasteiger partial charge in [0.15, 0.2) is 6.61 Å². The standard InChI is InChI=1S/C15H16N2O4/c1-9-12(15(19)21-8-14(18)16-2)7-10-6-11(20-3)4-5-13(10)17-9/h4-7H,8H2,1-3H3,(H,16,18). The third-order valence-corrected chi connectivity index (χ3v) is 3.05. The molecular formula is C15H16N2O4. The van der Waals surface area contributed by atoms with E-state index in [9.17, 15) is 9.59 Å². The molecule has 0 saturated carbocycles. The van der Waals surface area contributed by atoms with Gasteiger partial charge in [0.25, 0.3) is 5.91 Å². The number of rotatable bonds is 4. The van der Waals surface area contributed by atoms with Gasteiger partial charge in [0, 0.05) is 12.4 Å². The van der Waals surface area contributed by atoms with Crippen LogP contribution in [0.3, 0.4) is 0 Å². The average Bonchev–Trinajstić information content (AvgIpc) is 2.51. The molecule has 0 bridgehead atoms. The molecule has 6 nitrogen and oxygen atoms in total. The average molecular weight is 288 g/mol. The van der Waals surface area contributed by atoms with Gasteiger partial charge in [-0.1, -0.05) is 0 Å². The first kappa shape index (κ1) is 14.8. The molecule has 110 valence electrons. The zero-order valence-electron chi connectivity index (χ0n) is 12.1. The maximum Gasteiger partial charge on any atom is 0.340 e. The van der Waals surface area contributed by atoms with Crippen LogP contribution in [0.1, 0.15) is 16.1 Å². The minimum absolute atomic E-state index is 0.315. The second-order valence-corrected chi connectivity index (χ2v) is 4.43. The normalized spacial score (nSPS) is 10.2. The summed E-state index contributed by atoms with van der Waals surface area (Å²) in [6, 6.07) is 7.10. The predicted molar refractivity (Wildman–Crippen MR) is 77.4 cm³/mol. The van der Waals surface area contributed by atoms with Crippen LogP contribution >= 0.6 is 0 Å². The molecule has 0 aliphatic rings. The van der Waals surface area contributed by atoms with Crippen LogP contribution < -0.4 is 10.1 Å². The first-order valence-corrected chi connectivity index (χ1v) is 6.38. The summed E-state index contributed by atoms with van der Waals surface area (Å²) in [5.41, 5.74) is 1.64. The summed E-state index contributed by atoms with van der Waals surface area (Å²) >= 11 is 0. The Balaban J connectivity index is 2.32. The third-order valence-electron chi connectivity index (χ3n) is 3.05. The number of aryl methyl sites for hydroxylation is 1. The largest absolute Gasteiger partial charge is 0.497 e. The van der Waals surface area contributed by atoms with Gasteiger partial charge in [0.2, 0.25) is 0 Å². The molecule has 0 radical (unpaired) electrons. The molecule has 6 heteroatoms. The van der Waals surface area contributed by atoms with Crippen molar-refractivity contribution in [2.75, 3.05) is 20.8 Å². The fourth-order valence-electron chi connectivity index (χ4n) is 1.87. The molecule has 21 heavy (non-hydrogen) atoms. The highest BCUT2D eigenvalue weighted by Crippen LogP contribution is 2.22. The molecule has 1 aromatic carbocycles. The number of hydrogen-bond acceptors (Lipinski definition) is 5. The molecule has 0 unspecified atom stereocenters. The Morgan fingerprint density at radius 2 is 2.05 bits per heavy atom. The number of fused-ring (bicyclic) bond motifs is 1. The van der Waals surface area contributed by atoms with E-state index in [0.717, 1.165) is 10.9 Å². The summed E-state index contributed by atoms with van der Waals surface area (Å²) in [7, 11) is 3.05. The maximum atomic E-state index is 12.0. The maximum absolute atomic E-state index is 12.0. The molecule has 0 aliphatic carbocycles. The molecule has 0 spiro atoms. The highest BCUT2D eigenvalue weighted by Gasteiger charge is 2.14. The zero-order chi connectivity index (χ0) is 15.4. The Morgan fingerprint density at radius 3 is 2.71 bits per heavy atom. The van der Waals surface area contributed by atoms with E-state index in [-0.39, 0.29) is 12.5 Å². The molecule has 2 rings (SSSR count).